The summed E-state index contributed by atoms with van der Waals surface area (Å²) in [6, 6.07) is 0. The van der Waals surface area contributed by atoms with Gasteiger partial charge in [-0.2, -0.15) is 9.78 Å². The lowest BCUT2D eigenvalue weighted by Crippen LogP contribution is -2.34. The standard InChI is InChI=1S/C12H17N3O5/c1-7(2)11(17)19-6-8-3-4-10(20-8)15-12(18)14-9(16)5-13-15/h5,7-8,10H,3-4,6H2,1-2H3,(H,14,16,18). The fraction of sp³-hybridized carbons (Fsp3) is 0.667. The van der Waals surface area contributed by atoms with Crippen molar-refractivity contribution in [2.75, 3.05) is 6.61 Å². The molecule has 2 atom stereocenters. The zero-order valence-corrected chi connectivity index (χ0v) is 11.4. The molecule has 0 amide bonds. The van der Waals surface area contributed by atoms with E-state index in [9.17, 15) is 14.4 Å². The van der Waals surface area contributed by atoms with Gasteiger partial charge in [-0.25, -0.2) is 4.79 Å². The maximum absolute atomic E-state index is 11.6. The van der Waals surface area contributed by atoms with E-state index in [0.717, 1.165) is 10.9 Å². The molecule has 110 valence electrons. The van der Waals surface area contributed by atoms with Crippen molar-refractivity contribution in [2.24, 2.45) is 5.92 Å². The van der Waals surface area contributed by atoms with Crippen molar-refractivity contribution >= 4 is 5.97 Å². The molecule has 1 N–H and O–H groups in total. The summed E-state index contributed by atoms with van der Waals surface area (Å²) in [5, 5.41) is 3.75. The number of hydrogen-bond donors (Lipinski definition) is 1. The molecule has 0 saturated carbocycles. The van der Waals surface area contributed by atoms with Crippen LogP contribution in [0.3, 0.4) is 0 Å². The quantitative estimate of drug-likeness (QED) is 0.768. The third-order valence-corrected chi connectivity index (χ3v) is 2.98. The summed E-state index contributed by atoms with van der Waals surface area (Å²) in [5.74, 6) is -0.466. The molecule has 1 aliphatic heterocycles. The third-order valence-electron chi connectivity index (χ3n) is 2.98. The number of aromatic nitrogens is 3. The highest BCUT2D eigenvalue weighted by molar-refractivity contribution is 5.71. The molecule has 8 heteroatoms. The predicted molar refractivity (Wildman–Crippen MR) is 68.1 cm³/mol. The van der Waals surface area contributed by atoms with Crippen molar-refractivity contribution in [3.8, 4) is 0 Å². The summed E-state index contributed by atoms with van der Waals surface area (Å²) in [6.45, 7) is 3.67. The van der Waals surface area contributed by atoms with Crippen LogP contribution in [0.2, 0.25) is 0 Å². The molecule has 20 heavy (non-hydrogen) atoms. The van der Waals surface area contributed by atoms with Gasteiger partial charge < -0.3 is 9.47 Å². The first kappa shape index (κ1) is 14.4. The summed E-state index contributed by atoms with van der Waals surface area (Å²) in [6.07, 6.45) is 1.45. The number of hydrogen-bond acceptors (Lipinski definition) is 6. The van der Waals surface area contributed by atoms with Gasteiger partial charge in [0.2, 0.25) is 0 Å². The average molecular weight is 283 g/mol. The number of H-pyrrole nitrogens is 1. The number of esters is 1. The molecule has 1 fully saturated rings. The van der Waals surface area contributed by atoms with Gasteiger partial charge in [-0.05, 0) is 12.8 Å². The van der Waals surface area contributed by atoms with Crippen molar-refractivity contribution in [3.05, 3.63) is 27.0 Å². The first-order chi connectivity index (χ1) is 9.47. The largest absolute Gasteiger partial charge is 0.463 e. The Morgan fingerprint density at radius 2 is 2.30 bits per heavy atom. The summed E-state index contributed by atoms with van der Waals surface area (Å²) in [7, 11) is 0. The predicted octanol–water partition coefficient (Wildman–Crippen LogP) is -0.192. The van der Waals surface area contributed by atoms with Crippen LogP contribution in [0.25, 0.3) is 0 Å². The molecule has 0 aliphatic carbocycles. The van der Waals surface area contributed by atoms with Gasteiger partial charge in [-0.15, -0.1) is 0 Å². The van der Waals surface area contributed by atoms with Crippen LogP contribution in [0.1, 0.15) is 32.9 Å². The highest BCUT2D eigenvalue weighted by Gasteiger charge is 2.29. The molecular weight excluding hydrogens is 266 g/mol. The molecule has 0 spiro atoms. The summed E-state index contributed by atoms with van der Waals surface area (Å²) >= 11 is 0. The number of nitrogens with one attached hydrogen (secondary N) is 1. The second kappa shape index (κ2) is 6.00. The topological polar surface area (TPSA) is 103 Å². The lowest BCUT2D eigenvalue weighted by Gasteiger charge is -2.15. The van der Waals surface area contributed by atoms with Crippen LogP contribution in [0, 0.1) is 5.92 Å². The van der Waals surface area contributed by atoms with Gasteiger partial charge in [0.15, 0.2) is 6.23 Å². The molecule has 2 unspecified atom stereocenters. The van der Waals surface area contributed by atoms with Crippen molar-refractivity contribution in [1.29, 1.82) is 0 Å². The molecule has 8 nitrogen and oxygen atoms in total. The van der Waals surface area contributed by atoms with Crippen molar-refractivity contribution < 1.29 is 14.3 Å². The Bertz CT molecular complexity index is 591. The van der Waals surface area contributed by atoms with E-state index in [0.29, 0.717) is 12.8 Å². The highest BCUT2D eigenvalue weighted by atomic mass is 16.6. The van der Waals surface area contributed by atoms with Crippen LogP contribution >= 0.6 is 0 Å². The van der Waals surface area contributed by atoms with Crippen LogP contribution in [0.15, 0.2) is 15.8 Å². The fourth-order valence-electron chi connectivity index (χ4n) is 1.90. The zero-order valence-electron chi connectivity index (χ0n) is 11.4. The smallest absolute Gasteiger partial charge is 0.347 e. The minimum absolute atomic E-state index is 0.158. The molecule has 2 heterocycles. The molecule has 1 saturated heterocycles. The van der Waals surface area contributed by atoms with Gasteiger partial charge >= 0.3 is 11.7 Å². The summed E-state index contributed by atoms with van der Waals surface area (Å²) < 4.78 is 11.8. The van der Waals surface area contributed by atoms with Crippen LogP contribution in [-0.4, -0.2) is 33.4 Å². The Morgan fingerprint density at radius 1 is 1.55 bits per heavy atom. The Hall–Kier alpha value is -1.96. The normalized spacial score (nSPS) is 22.1. The maximum atomic E-state index is 11.6. The van der Waals surface area contributed by atoms with Crippen LogP contribution in [0.4, 0.5) is 0 Å². The monoisotopic (exact) mass is 283 g/mol. The van der Waals surface area contributed by atoms with E-state index >= 15 is 0 Å². The molecule has 0 radical (unpaired) electrons. The minimum atomic E-state index is -0.609. The van der Waals surface area contributed by atoms with Gasteiger partial charge in [0.1, 0.15) is 12.8 Å². The van der Waals surface area contributed by atoms with E-state index < -0.39 is 17.5 Å². The Labute approximate surface area is 114 Å². The first-order valence-corrected chi connectivity index (χ1v) is 6.47. The second-order valence-electron chi connectivity index (χ2n) is 4.96. The molecule has 1 aromatic rings. The Morgan fingerprint density at radius 3 is 2.95 bits per heavy atom. The molecule has 1 aromatic heterocycles. The van der Waals surface area contributed by atoms with Crippen molar-refractivity contribution in [1.82, 2.24) is 14.8 Å². The van der Waals surface area contributed by atoms with Crippen LogP contribution < -0.4 is 11.2 Å². The van der Waals surface area contributed by atoms with Gasteiger partial charge in [0, 0.05) is 0 Å². The Kier molecular flexibility index (Phi) is 4.33. The number of ether oxygens (including phenoxy) is 2. The van der Waals surface area contributed by atoms with E-state index in [1.807, 2.05) is 0 Å². The number of nitrogens with zero attached hydrogens (tertiary/aromatic N) is 2. The molecule has 2 rings (SSSR count). The minimum Gasteiger partial charge on any atom is -0.463 e. The van der Waals surface area contributed by atoms with Gasteiger partial charge in [0.05, 0.1) is 12.0 Å². The Balaban J connectivity index is 1.94. The van der Waals surface area contributed by atoms with E-state index in [1.165, 1.54) is 0 Å². The van der Waals surface area contributed by atoms with E-state index in [4.69, 9.17) is 9.47 Å². The molecule has 0 aromatic carbocycles. The zero-order chi connectivity index (χ0) is 14.7. The lowest BCUT2D eigenvalue weighted by atomic mass is 10.2. The van der Waals surface area contributed by atoms with Crippen molar-refractivity contribution in [2.45, 2.75) is 39.0 Å². The van der Waals surface area contributed by atoms with E-state index in [2.05, 4.69) is 10.1 Å². The number of carbonyl (C=O) groups is 1. The van der Waals surface area contributed by atoms with Gasteiger partial charge in [0.25, 0.3) is 5.56 Å². The summed E-state index contributed by atoms with van der Waals surface area (Å²) in [4.78, 5) is 36.0. The molecule has 0 bridgehead atoms. The number of aromatic amines is 1. The number of rotatable bonds is 4. The average Bonchev–Trinajstić information content (AvgIpc) is 2.84. The lowest BCUT2D eigenvalue weighted by molar-refractivity contribution is -0.152. The summed E-state index contributed by atoms with van der Waals surface area (Å²) in [5.41, 5.74) is -1.16. The van der Waals surface area contributed by atoms with Gasteiger partial charge in [-0.3, -0.25) is 14.6 Å². The SMILES string of the molecule is CC(C)C(=O)OCC1CCC(n2ncc(=O)[nH]c2=O)O1. The van der Waals surface area contributed by atoms with E-state index in [-0.39, 0.29) is 24.6 Å². The highest BCUT2D eigenvalue weighted by Crippen LogP contribution is 2.26. The van der Waals surface area contributed by atoms with Crippen LogP contribution in [0.5, 0.6) is 0 Å². The number of carbonyl (C=O) groups excluding carboxylic acids is 1. The molecular formula is C12H17N3O5. The first-order valence-electron chi connectivity index (χ1n) is 6.47. The third kappa shape index (κ3) is 3.32. The van der Waals surface area contributed by atoms with Crippen molar-refractivity contribution in [3.63, 3.8) is 0 Å². The van der Waals surface area contributed by atoms with Crippen LogP contribution in [-0.2, 0) is 14.3 Å². The maximum Gasteiger partial charge on any atom is 0.347 e. The molecule has 1 aliphatic rings. The van der Waals surface area contributed by atoms with Gasteiger partial charge in [-0.1, -0.05) is 13.8 Å². The second-order valence-corrected chi connectivity index (χ2v) is 4.96. The van der Waals surface area contributed by atoms with E-state index in [1.54, 1.807) is 13.8 Å². The fourth-order valence-corrected chi connectivity index (χ4v) is 1.90.